The first kappa shape index (κ1) is 23.5. The van der Waals surface area contributed by atoms with Crippen LogP contribution in [0, 0.1) is 6.92 Å². The van der Waals surface area contributed by atoms with E-state index >= 15 is 0 Å². The van der Waals surface area contributed by atoms with E-state index < -0.39 is 28.1 Å². The Morgan fingerprint density at radius 3 is 2.51 bits per heavy atom. The van der Waals surface area contributed by atoms with Crippen molar-refractivity contribution in [1.29, 1.82) is 0 Å². The Morgan fingerprint density at radius 1 is 1.14 bits per heavy atom. The number of amides is 1. The maximum absolute atomic E-state index is 13.5. The maximum atomic E-state index is 13.5. The van der Waals surface area contributed by atoms with Crippen LogP contribution in [-0.4, -0.2) is 56.2 Å². The molecule has 5 rings (SSSR count). The fourth-order valence-corrected chi connectivity index (χ4v) is 6.35. The van der Waals surface area contributed by atoms with Gasteiger partial charge in [-0.15, -0.1) is 0 Å². The largest absolute Gasteiger partial charge is 0.461 e. The van der Waals surface area contributed by atoms with Crippen LogP contribution in [0.3, 0.4) is 0 Å². The van der Waals surface area contributed by atoms with Gasteiger partial charge in [-0.05, 0) is 41.1 Å². The first-order valence-electron chi connectivity index (χ1n) is 10.9. The Morgan fingerprint density at radius 2 is 1.86 bits per heavy atom. The van der Waals surface area contributed by atoms with Crippen molar-refractivity contribution in [3.8, 4) is 0 Å². The highest BCUT2D eigenvalue weighted by atomic mass is 79.9. The number of carbonyl (C=O) groups is 2. The Balaban J connectivity index is 1.72. The highest BCUT2D eigenvalue weighted by Crippen LogP contribution is 2.38. The molecule has 0 radical (unpaired) electrons. The van der Waals surface area contributed by atoms with Crippen molar-refractivity contribution in [2.45, 2.75) is 44.2 Å². The molecule has 0 saturated carbocycles. The third-order valence-electron chi connectivity index (χ3n) is 6.15. The van der Waals surface area contributed by atoms with E-state index in [1.165, 1.54) is 20.0 Å². The Kier molecular flexibility index (Phi) is 5.67. The number of halogens is 1. The monoisotopic (exact) mass is 559 g/mol. The van der Waals surface area contributed by atoms with E-state index in [-0.39, 0.29) is 23.0 Å². The number of hydrogen-bond donors (Lipinski definition) is 0. The molecular formula is C23H22BrN5O5S. The number of esters is 1. The quantitative estimate of drug-likeness (QED) is 0.352. The van der Waals surface area contributed by atoms with E-state index in [9.17, 15) is 18.0 Å². The minimum atomic E-state index is -3.94. The molecular weight excluding hydrogens is 538 g/mol. The highest BCUT2D eigenvalue weighted by Gasteiger charge is 2.39. The molecule has 1 aromatic carbocycles. The van der Waals surface area contributed by atoms with Gasteiger partial charge in [0.1, 0.15) is 22.6 Å². The second kappa shape index (κ2) is 8.45. The van der Waals surface area contributed by atoms with Crippen LogP contribution in [0.1, 0.15) is 37.6 Å². The SMILES string of the molecule is CC(=O)O[C@@H]1C[C@H](c2nc3c(ccn3S(=O)(=O)c3ccc(C)cc3)n3cnc(Br)c23)N(C(C)=O)C1. The molecule has 3 aromatic heterocycles. The first-order chi connectivity index (χ1) is 16.6. The Bertz CT molecular complexity index is 1590. The molecule has 0 spiro atoms. The molecule has 0 unspecified atom stereocenters. The van der Waals surface area contributed by atoms with Crippen LogP contribution >= 0.6 is 15.9 Å². The maximum Gasteiger partial charge on any atom is 0.302 e. The molecule has 0 N–H and O–H groups in total. The fourth-order valence-electron chi connectivity index (χ4n) is 4.57. The topological polar surface area (TPSA) is 116 Å². The lowest BCUT2D eigenvalue weighted by molar-refractivity contribution is -0.146. The molecule has 1 amide bonds. The standard InChI is InChI=1S/C23H22BrN5O5S/c1-13-4-6-17(7-5-13)35(32,33)29-9-8-18-23(29)26-20(21-22(24)25-12-28(18)21)19-10-16(34-15(3)31)11-27(19)14(2)30/h4-9,12,16,19H,10-11H2,1-3H3/t16-,19-/m1/s1. The number of aryl methyl sites for hydroxylation is 1. The molecule has 2 atom stereocenters. The van der Waals surface area contributed by atoms with Gasteiger partial charge in [0, 0.05) is 26.5 Å². The molecule has 182 valence electrons. The van der Waals surface area contributed by atoms with Crippen molar-refractivity contribution in [3.63, 3.8) is 0 Å². The Labute approximate surface area is 209 Å². The number of carbonyl (C=O) groups excluding carboxylic acids is 2. The van der Waals surface area contributed by atoms with Crippen LogP contribution in [0.5, 0.6) is 0 Å². The second-order valence-corrected chi connectivity index (χ2v) is 11.1. The summed E-state index contributed by atoms with van der Waals surface area (Å²) in [7, 11) is -3.94. The summed E-state index contributed by atoms with van der Waals surface area (Å²) in [4.78, 5) is 34.9. The minimum Gasteiger partial charge on any atom is -0.461 e. The smallest absolute Gasteiger partial charge is 0.302 e. The highest BCUT2D eigenvalue weighted by molar-refractivity contribution is 9.10. The van der Waals surface area contributed by atoms with E-state index in [2.05, 4.69) is 20.9 Å². The van der Waals surface area contributed by atoms with Crippen LogP contribution in [0.2, 0.25) is 0 Å². The molecule has 4 heterocycles. The zero-order valence-electron chi connectivity index (χ0n) is 19.2. The fraction of sp³-hybridized carbons (Fsp3) is 0.304. The molecule has 10 nitrogen and oxygen atoms in total. The molecule has 12 heteroatoms. The summed E-state index contributed by atoms with van der Waals surface area (Å²) in [6.07, 6.45) is 2.87. The summed E-state index contributed by atoms with van der Waals surface area (Å²) in [5.41, 5.74) is 2.77. The number of fused-ring (bicyclic) bond motifs is 3. The Hall–Kier alpha value is -3.25. The van der Waals surface area contributed by atoms with Crippen molar-refractivity contribution in [2.75, 3.05) is 6.54 Å². The van der Waals surface area contributed by atoms with E-state index in [1.807, 2.05) is 6.92 Å². The lowest BCUT2D eigenvalue weighted by atomic mass is 10.1. The summed E-state index contributed by atoms with van der Waals surface area (Å²) in [5, 5.41) is 0. The van der Waals surface area contributed by atoms with Gasteiger partial charge in [-0.25, -0.2) is 22.4 Å². The average Bonchev–Trinajstić information content (AvgIpc) is 3.50. The lowest BCUT2D eigenvalue weighted by Crippen LogP contribution is -2.31. The van der Waals surface area contributed by atoms with Crippen molar-refractivity contribution < 1.29 is 22.7 Å². The predicted molar refractivity (Wildman–Crippen MR) is 130 cm³/mol. The number of benzene rings is 1. The van der Waals surface area contributed by atoms with Gasteiger partial charge < -0.3 is 9.64 Å². The molecule has 35 heavy (non-hydrogen) atoms. The van der Waals surface area contributed by atoms with Gasteiger partial charge in [0.15, 0.2) is 5.65 Å². The van der Waals surface area contributed by atoms with Gasteiger partial charge in [-0.2, -0.15) is 0 Å². The van der Waals surface area contributed by atoms with Crippen molar-refractivity contribution in [3.05, 3.63) is 58.7 Å². The van der Waals surface area contributed by atoms with Crippen molar-refractivity contribution in [1.82, 2.24) is 23.2 Å². The molecule has 0 aliphatic carbocycles. The lowest BCUT2D eigenvalue weighted by Gasteiger charge is -2.23. The zero-order chi connectivity index (χ0) is 25.1. The van der Waals surface area contributed by atoms with Gasteiger partial charge >= 0.3 is 5.97 Å². The first-order valence-corrected chi connectivity index (χ1v) is 13.1. The summed E-state index contributed by atoms with van der Waals surface area (Å²) in [6, 6.07) is 7.71. The third-order valence-corrected chi connectivity index (χ3v) is 8.41. The molecule has 1 fully saturated rings. The number of imidazole rings is 1. The third kappa shape index (κ3) is 3.90. The number of hydrogen-bond acceptors (Lipinski definition) is 7. The van der Waals surface area contributed by atoms with Gasteiger partial charge in [0.25, 0.3) is 10.0 Å². The summed E-state index contributed by atoms with van der Waals surface area (Å²) in [6.45, 7) is 4.87. The van der Waals surface area contributed by atoms with E-state index in [1.54, 1.807) is 46.0 Å². The van der Waals surface area contributed by atoms with Crippen LogP contribution in [-0.2, 0) is 24.3 Å². The van der Waals surface area contributed by atoms with Gasteiger partial charge in [0.2, 0.25) is 5.91 Å². The number of aromatic nitrogens is 4. The normalized spacial score (nSPS) is 18.5. The molecule has 4 aromatic rings. The van der Waals surface area contributed by atoms with E-state index in [4.69, 9.17) is 9.72 Å². The minimum absolute atomic E-state index is 0.136. The van der Waals surface area contributed by atoms with Crippen LogP contribution in [0.25, 0.3) is 16.7 Å². The molecule has 0 bridgehead atoms. The van der Waals surface area contributed by atoms with Crippen LogP contribution in [0.15, 0.2) is 52.4 Å². The van der Waals surface area contributed by atoms with Crippen LogP contribution < -0.4 is 0 Å². The van der Waals surface area contributed by atoms with E-state index in [0.717, 1.165) is 9.54 Å². The second-order valence-electron chi connectivity index (χ2n) is 8.54. The van der Waals surface area contributed by atoms with Crippen molar-refractivity contribution in [2.24, 2.45) is 0 Å². The predicted octanol–water partition coefficient (Wildman–Crippen LogP) is 3.22. The van der Waals surface area contributed by atoms with Gasteiger partial charge in [-0.1, -0.05) is 17.7 Å². The number of likely N-dealkylation sites (tertiary alicyclic amines) is 1. The average molecular weight is 560 g/mol. The van der Waals surface area contributed by atoms with Gasteiger partial charge in [-0.3, -0.25) is 14.0 Å². The summed E-state index contributed by atoms with van der Waals surface area (Å²) < 4.78 is 35.8. The zero-order valence-corrected chi connectivity index (χ0v) is 21.6. The van der Waals surface area contributed by atoms with Gasteiger partial charge in [0.05, 0.1) is 28.7 Å². The molecule has 1 saturated heterocycles. The van der Waals surface area contributed by atoms with Crippen LogP contribution in [0.4, 0.5) is 0 Å². The number of ether oxygens (including phenoxy) is 1. The molecule has 1 aliphatic heterocycles. The summed E-state index contributed by atoms with van der Waals surface area (Å²) >= 11 is 3.47. The van der Waals surface area contributed by atoms with E-state index in [0.29, 0.717) is 27.8 Å². The van der Waals surface area contributed by atoms with Crippen molar-refractivity contribution >= 4 is 54.5 Å². The molecule has 1 aliphatic rings. The number of rotatable bonds is 4. The summed E-state index contributed by atoms with van der Waals surface area (Å²) in [5.74, 6) is -0.640. The number of nitrogens with zero attached hydrogens (tertiary/aromatic N) is 5.